The number of ether oxygens (including phenoxy) is 1. The van der Waals surface area contributed by atoms with Crippen LogP contribution in [-0.4, -0.2) is 18.8 Å². The fraction of sp³-hybridized carbons (Fsp3) is 0. The lowest BCUT2D eigenvalue weighted by Crippen LogP contribution is -2.02. The Hall–Kier alpha value is -2.09. The summed E-state index contributed by atoms with van der Waals surface area (Å²) in [7, 11) is -4.25. The van der Waals surface area contributed by atoms with Crippen molar-refractivity contribution in [3.8, 4) is 11.5 Å². The van der Waals surface area contributed by atoms with E-state index >= 15 is 0 Å². The van der Waals surface area contributed by atoms with Crippen molar-refractivity contribution < 1.29 is 22.5 Å². The zero-order valence-electron chi connectivity index (χ0n) is 14.0. The quantitative estimate of drug-likeness (QED) is 0.392. The van der Waals surface area contributed by atoms with Crippen molar-refractivity contribution in [3.63, 3.8) is 0 Å². The first-order chi connectivity index (χ1) is 12.7. The Labute approximate surface area is 178 Å². The third kappa shape index (κ3) is 5.25. The molecule has 0 radical (unpaired) electrons. The van der Waals surface area contributed by atoms with Crippen molar-refractivity contribution in [3.05, 3.63) is 87.9 Å². The van der Waals surface area contributed by atoms with Crippen molar-refractivity contribution in [2.45, 2.75) is 4.90 Å². The molecule has 146 valence electrons. The van der Waals surface area contributed by atoms with E-state index in [9.17, 15) is 13.2 Å². The molecule has 28 heavy (non-hydrogen) atoms. The molecule has 3 rings (SSSR count). The smallest absolute Gasteiger partial charge is 0.294 e. The summed E-state index contributed by atoms with van der Waals surface area (Å²) in [5, 5.41) is 0.722. The first-order valence-corrected chi connectivity index (χ1v) is 9.79. The molecule has 0 saturated carbocycles. The summed E-state index contributed by atoms with van der Waals surface area (Å²) >= 11 is 12.0. The minimum atomic E-state index is -4.25. The monoisotopic (exact) mass is 458 g/mol. The molecule has 3 aromatic rings. The van der Waals surface area contributed by atoms with Gasteiger partial charge in [0.25, 0.3) is 10.1 Å². The molecule has 0 heterocycles. The average Bonchev–Trinajstić information content (AvgIpc) is 2.63. The Morgan fingerprint density at radius 3 is 1.93 bits per heavy atom. The van der Waals surface area contributed by atoms with Gasteiger partial charge in [0.05, 0.1) is 9.92 Å². The Morgan fingerprint density at radius 2 is 1.39 bits per heavy atom. The molecule has 0 unspecified atom stereocenters. The van der Waals surface area contributed by atoms with Crippen molar-refractivity contribution in [2.75, 3.05) is 0 Å². The van der Waals surface area contributed by atoms with Gasteiger partial charge in [-0.1, -0.05) is 23.2 Å². The molecule has 0 aliphatic rings. The molecule has 0 spiro atoms. The van der Waals surface area contributed by atoms with E-state index in [-0.39, 0.29) is 23.1 Å². The number of carbonyl (C=O) groups excluding carboxylic acids is 1. The third-order valence-electron chi connectivity index (χ3n) is 3.65. The summed E-state index contributed by atoms with van der Waals surface area (Å²) in [6, 6.07) is 16.3. The van der Waals surface area contributed by atoms with Gasteiger partial charge in [-0.15, -0.1) is 12.4 Å². The molecule has 0 atom stereocenters. The van der Waals surface area contributed by atoms with Crippen molar-refractivity contribution >= 4 is 51.5 Å². The average molecular weight is 460 g/mol. The number of halogens is 3. The number of carbonyl (C=O) groups is 1. The van der Waals surface area contributed by atoms with Crippen LogP contribution >= 0.6 is 35.6 Å². The van der Waals surface area contributed by atoms with Gasteiger partial charge < -0.3 is 4.74 Å². The molecule has 0 amide bonds. The molecular formula is C19H13Cl3O5S. The van der Waals surface area contributed by atoms with E-state index in [4.69, 9.17) is 32.5 Å². The van der Waals surface area contributed by atoms with Gasteiger partial charge in [-0.2, -0.15) is 8.42 Å². The number of benzene rings is 3. The predicted molar refractivity (Wildman–Crippen MR) is 110 cm³/mol. The highest BCUT2D eigenvalue weighted by atomic mass is 35.5. The topological polar surface area (TPSA) is 80.7 Å². The molecule has 0 aromatic heterocycles. The van der Waals surface area contributed by atoms with Crippen LogP contribution in [0.25, 0.3) is 0 Å². The minimum absolute atomic E-state index is 0. The lowest BCUT2D eigenvalue weighted by atomic mass is 10.0. The van der Waals surface area contributed by atoms with E-state index in [0.717, 1.165) is 0 Å². The van der Waals surface area contributed by atoms with Crippen LogP contribution in [0, 0.1) is 0 Å². The molecule has 1 N–H and O–H groups in total. The normalized spacial score (nSPS) is 10.8. The Kier molecular flexibility index (Phi) is 7.09. The fourth-order valence-corrected chi connectivity index (χ4v) is 3.17. The number of hydrogen-bond acceptors (Lipinski definition) is 4. The summed E-state index contributed by atoms with van der Waals surface area (Å²) in [5.74, 6) is 0.550. The standard InChI is InChI=1S/C19H12Cl2O5S.ClH/c20-13-3-10-18(21)17(11-13)19(22)12-1-4-14(5-2-12)26-15-6-8-16(9-7-15)27(23,24)25;/h1-11H,(H,23,24,25);1H. The molecule has 0 bridgehead atoms. The maximum atomic E-state index is 12.6. The Morgan fingerprint density at radius 1 is 0.857 bits per heavy atom. The summed E-state index contributed by atoms with van der Waals surface area (Å²) in [4.78, 5) is 12.3. The van der Waals surface area contributed by atoms with Crippen molar-refractivity contribution in [1.82, 2.24) is 0 Å². The highest BCUT2D eigenvalue weighted by Crippen LogP contribution is 2.26. The van der Waals surface area contributed by atoms with Crippen LogP contribution in [0.4, 0.5) is 0 Å². The van der Waals surface area contributed by atoms with Gasteiger partial charge in [0.2, 0.25) is 0 Å². The van der Waals surface area contributed by atoms with Gasteiger partial charge in [-0.25, -0.2) is 0 Å². The van der Waals surface area contributed by atoms with Gasteiger partial charge in [0.1, 0.15) is 11.5 Å². The molecule has 0 aliphatic carbocycles. The second-order valence-electron chi connectivity index (χ2n) is 5.53. The van der Waals surface area contributed by atoms with Crippen molar-refractivity contribution in [1.29, 1.82) is 0 Å². The molecule has 0 saturated heterocycles. The van der Waals surface area contributed by atoms with Crippen LogP contribution in [0.5, 0.6) is 11.5 Å². The molecule has 3 aromatic carbocycles. The lowest BCUT2D eigenvalue weighted by Gasteiger charge is -2.08. The summed E-state index contributed by atoms with van der Waals surface area (Å²) in [5.41, 5.74) is 0.715. The second-order valence-corrected chi connectivity index (χ2v) is 7.79. The SMILES string of the molecule is Cl.O=C(c1ccc(Oc2ccc(S(=O)(=O)O)cc2)cc1)c1cc(Cl)ccc1Cl. The van der Waals surface area contributed by atoms with E-state index in [1.165, 1.54) is 30.3 Å². The first-order valence-electron chi connectivity index (χ1n) is 7.59. The van der Waals surface area contributed by atoms with Gasteiger partial charge in [-0.3, -0.25) is 9.35 Å². The molecule has 9 heteroatoms. The Bertz CT molecular complexity index is 1100. The maximum Gasteiger partial charge on any atom is 0.294 e. The highest BCUT2D eigenvalue weighted by Gasteiger charge is 2.14. The predicted octanol–water partition coefficient (Wildman–Crippen LogP) is 5.69. The van der Waals surface area contributed by atoms with Gasteiger partial charge >= 0.3 is 0 Å². The Balaban J connectivity index is 0.00000280. The molecule has 0 fully saturated rings. The number of rotatable bonds is 5. The van der Waals surface area contributed by atoms with E-state index in [1.54, 1.807) is 36.4 Å². The number of hydrogen-bond donors (Lipinski definition) is 1. The zero-order valence-corrected chi connectivity index (χ0v) is 17.1. The van der Waals surface area contributed by atoms with E-state index < -0.39 is 10.1 Å². The summed E-state index contributed by atoms with van der Waals surface area (Å²) in [6.07, 6.45) is 0. The van der Waals surface area contributed by atoms with Crippen LogP contribution < -0.4 is 4.74 Å². The van der Waals surface area contributed by atoms with Crippen LogP contribution in [0.2, 0.25) is 10.0 Å². The molecule has 5 nitrogen and oxygen atoms in total. The second kappa shape index (κ2) is 8.94. The van der Waals surface area contributed by atoms with Crippen LogP contribution in [0.15, 0.2) is 71.6 Å². The van der Waals surface area contributed by atoms with Gasteiger partial charge in [0.15, 0.2) is 5.78 Å². The summed E-state index contributed by atoms with van der Waals surface area (Å²) < 4.78 is 36.6. The largest absolute Gasteiger partial charge is 0.457 e. The molecular weight excluding hydrogens is 447 g/mol. The zero-order chi connectivity index (χ0) is 19.6. The maximum absolute atomic E-state index is 12.6. The van der Waals surface area contributed by atoms with Crippen LogP contribution in [0.3, 0.4) is 0 Å². The van der Waals surface area contributed by atoms with Gasteiger partial charge in [-0.05, 0) is 66.7 Å². The van der Waals surface area contributed by atoms with Crippen LogP contribution in [0.1, 0.15) is 15.9 Å². The van der Waals surface area contributed by atoms with Crippen LogP contribution in [-0.2, 0) is 10.1 Å². The van der Waals surface area contributed by atoms with E-state index in [0.29, 0.717) is 32.7 Å². The van der Waals surface area contributed by atoms with E-state index in [1.807, 2.05) is 0 Å². The first kappa shape index (κ1) is 22.2. The summed E-state index contributed by atoms with van der Waals surface area (Å²) in [6.45, 7) is 0. The fourth-order valence-electron chi connectivity index (χ4n) is 2.32. The van der Waals surface area contributed by atoms with E-state index in [2.05, 4.69) is 0 Å². The molecule has 0 aliphatic heterocycles. The highest BCUT2D eigenvalue weighted by molar-refractivity contribution is 7.85. The van der Waals surface area contributed by atoms with Gasteiger partial charge in [0, 0.05) is 16.1 Å². The lowest BCUT2D eigenvalue weighted by molar-refractivity contribution is 0.103. The number of ketones is 1. The third-order valence-corrected chi connectivity index (χ3v) is 5.08. The van der Waals surface area contributed by atoms with Crippen molar-refractivity contribution in [2.24, 2.45) is 0 Å². The minimum Gasteiger partial charge on any atom is -0.457 e.